The van der Waals surface area contributed by atoms with E-state index in [1.165, 1.54) is 19.3 Å². The van der Waals surface area contributed by atoms with E-state index in [1.54, 1.807) is 0 Å². The van der Waals surface area contributed by atoms with Gasteiger partial charge in [0, 0.05) is 0 Å². The molecule has 0 bridgehead atoms. The van der Waals surface area contributed by atoms with Gasteiger partial charge in [-0.2, -0.15) is 6.20 Å². The van der Waals surface area contributed by atoms with Gasteiger partial charge in [-0.3, -0.25) is 0 Å². The summed E-state index contributed by atoms with van der Waals surface area (Å²) < 4.78 is 0. The molecule has 3 atom stereocenters. The summed E-state index contributed by atoms with van der Waals surface area (Å²) in [5.41, 5.74) is 0. The molecule has 3 heterocycles. The maximum absolute atomic E-state index is 4.81. The van der Waals surface area contributed by atoms with Crippen molar-refractivity contribution in [3.63, 3.8) is 0 Å². The van der Waals surface area contributed by atoms with Crippen molar-refractivity contribution in [3.05, 3.63) is 40.4 Å². The minimum absolute atomic E-state index is 0.00694. The van der Waals surface area contributed by atoms with E-state index in [9.17, 15) is 0 Å². The summed E-state index contributed by atoms with van der Waals surface area (Å²) in [6.45, 7) is 6.15. The molecular formula is C17H28Cl2MnN5-3. The fourth-order valence-electron chi connectivity index (χ4n) is 3.43. The number of piperidine rings is 1. The van der Waals surface area contributed by atoms with E-state index in [-0.39, 0.29) is 19.2 Å². The van der Waals surface area contributed by atoms with Crippen molar-refractivity contribution >= 4 is 20.2 Å². The third-order valence-electron chi connectivity index (χ3n) is 4.78. The number of hydrogen-bond donors (Lipinski definition) is 0. The van der Waals surface area contributed by atoms with E-state index in [2.05, 4.69) is 34.3 Å². The molecule has 0 aliphatic carbocycles. The Kier molecular flexibility index (Phi) is 10.8. The van der Waals surface area contributed by atoms with Gasteiger partial charge in [0.1, 0.15) is 0 Å². The number of hydrogen-bond acceptors (Lipinski definition) is 2. The summed E-state index contributed by atoms with van der Waals surface area (Å²) in [6.07, 6.45) is 12.4. The van der Waals surface area contributed by atoms with Crippen LogP contribution in [0.1, 0.15) is 19.3 Å². The van der Waals surface area contributed by atoms with Gasteiger partial charge in [0.15, 0.2) is 0 Å². The van der Waals surface area contributed by atoms with Crippen LogP contribution in [0.3, 0.4) is 0 Å². The maximum atomic E-state index is 4.81. The van der Waals surface area contributed by atoms with Gasteiger partial charge in [0.25, 0.3) is 0 Å². The molecule has 3 rings (SSSR count). The Hall–Kier alpha value is 0.219. The van der Waals surface area contributed by atoms with Crippen LogP contribution in [0.2, 0.25) is 0 Å². The van der Waals surface area contributed by atoms with Gasteiger partial charge in [-0.1, -0.05) is 49.7 Å². The van der Waals surface area contributed by atoms with Gasteiger partial charge in [-0.25, -0.2) is 0 Å². The zero-order valence-corrected chi connectivity index (χ0v) is 17.5. The molecule has 0 aromatic rings. The first-order valence-corrected chi connectivity index (χ1v) is 12.1. The molecule has 3 aliphatic rings. The number of likely N-dealkylation sites (N-methyl/N-ethyl adjacent to an activating group) is 1. The van der Waals surface area contributed by atoms with Crippen LogP contribution in [0.25, 0.3) is 16.0 Å². The topological polar surface area (TPSA) is 48.8 Å². The first kappa shape index (κ1) is 21.5. The van der Waals surface area contributed by atoms with Crippen molar-refractivity contribution in [2.45, 2.75) is 37.5 Å². The zero-order chi connectivity index (χ0) is 17.9. The molecule has 0 saturated carbocycles. The van der Waals surface area contributed by atoms with Gasteiger partial charge in [-0.15, -0.1) is 19.1 Å². The van der Waals surface area contributed by atoms with E-state index in [4.69, 9.17) is 30.8 Å². The van der Waals surface area contributed by atoms with Crippen LogP contribution in [-0.2, 0) is 13.1 Å². The predicted molar refractivity (Wildman–Crippen MR) is 104 cm³/mol. The van der Waals surface area contributed by atoms with Crippen LogP contribution in [0.15, 0.2) is 24.4 Å². The zero-order valence-electron chi connectivity index (χ0n) is 14.8. The first-order chi connectivity index (χ1) is 12.2. The van der Waals surface area contributed by atoms with Crippen LogP contribution < -0.4 is 0 Å². The van der Waals surface area contributed by atoms with Crippen molar-refractivity contribution in [3.8, 4) is 0 Å². The van der Waals surface area contributed by atoms with E-state index in [1.807, 2.05) is 12.3 Å². The summed E-state index contributed by atoms with van der Waals surface area (Å²) >= 11 is 0.00694. The molecule has 0 radical (unpaired) electrons. The van der Waals surface area contributed by atoms with Gasteiger partial charge in [0.05, 0.1) is 0 Å². The second kappa shape index (κ2) is 12.6. The summed E-state index contributed by atoms with van der Waals surface area (Å²) in [6, 6.07) is 0.781. The van der Waals surface area contributed by atoms with Gasteiger partial charge >= 0.3 is 33.3 Å². The third kappa shape index (κ3) is 8.19. The Morgan fingerprint density at radius 3 is 2.56 bits per heavy atom. The molecule has 0 spiro atoms. The van der Waals surface area contributed by atoms with Crippen LogP contribution in [0.5, 0.6) is 0 Å². The molecule has 3 unspecified atom stereocenters. The predicted octanol–water partition coefficient (Wildman–Crippen LogP) is 4.06. The molecule has 0 aromatic heterocycles. The molecule has 8 heteroatoms. The Bertz CT molecular complexity index is 418. The second-order valence-electron chi connectivity index (χ2n) is 6.64. The van der Waals surface area contributed by atoms with E-state index < -0.39 is 0 Å². The summed E-state index contributed by atoms with van der Waals surface area (Å²) in [5, 5.41) is 14.1. The van der Waals surface area contributed by atoms with Crippen molar-refractivity contribution in [1.29, 1.82) is 0 Å². The van der Waals surface area contributed by atoms with E-state index in [0.29, 0.717) is 12.2 Å². The number of allylic oxidation sites excluding steroid dienone is 2. The van der Waals surface area contributed by atoms with Crippen molar-refractivity contribution in [2.75, 3.05) is 46.3 Å². The normalized spacial score (nSPS) is 29.4. The number of nitrogens with zero attached hydrogens (tertiary/aromatic N) is 5. The summed E-state index contributed by atoms with van der Waals surface area (Å²) in [7, 11) is 11.8. The van der Waals surface area contributed by atoms with Crippen LogP contribution in [-0.4, -0.2) is 74.4 Å². The van der Waals surface area contributed by atoms with E-state index >= 15 is 0 Å². The fraction of sp³-hybridized carbons (Fsp3) is 0.765. The third-order valence-corrected chi connectivity index (χ3v) is 4.78. The molecule has 2 fully saturated rings. The monoisotopic (exact) mass is 427 g/mol. The second-order valence-corrected chi connectivity index (χ2v) is 8.59. The number of rotatable bonds is 6. The van der Waals surface area contributed by atoms with Crippen LogP contribution in [0, 0.1) is 0 Å². The first-order valence-electron chi connectivity index (χ1n) is 8.89. The van der Waals surface area contributed by atoms with Gasteiger partial charge in [0.2, 0.25) is 0 Å². The average Bonchev–Trinajstić information content (AvgIpc) is 3.02. The Morgan fingerprint density at radius 1 is 1.12 bits per heavy atom. The molecule has 0 amide bonds. The molecule has 3 aliphatic heterocycles. The van der Waals surface area contributed by atoms with Crippen molar-refractivity contribution in [2.24, 2.45) is 0 Å². The molecule has 2 saturated heterocycles. The molecule has 25 heavy (non-hydrogen) atoms. The van der Waals surface area contributed by atoms with Crippen LogP contribution in [0.4, 0.5) is 0 Å². The average molecular weight is 428 g/mol. The minimum atomic E-state index is 0.00694. The summed E-state index contributed by atoms with van der Waals surface area (Å²) in [4.78, 5) is 4.89. The molecular weight excluding hydrogens is 400 g/mol. The van der Waals surface area contributed by atoms with Crippen molar-refractivity contribution < 1.29 is 13.1 Å². The van der Waals surface area contributed by atoms with Crippen LogP contribution >= 0.6 is 20.2 Å². The molecule has 0 N–H and O–H groups in total. The Labute approximate surface area is 167 Å². The van der Waals surface area contributed by atoms with Crippen molar-refractivity contribution in [1.82, 2.24) is 9.80 Å². The number of halogens is 2. The quantitative estimate of drug-likeness (QED) is 0.600. The molecule has 145 valence electrons. The molecule has 5 nitrogen and oxygen atoms in total. The Balaban J connectivity index is 0.000000701. The van der Waals surface area contributed by atoms with Gasteiger partial charge in [-0.05, 0) is 33.2 Å². The summed E-state index contributed by atoms with van der Waals surface area (Å²) in [5.74, 6) is 0. The molecule has 0 aromatic carbocycles. The fourth-order valence-corrected chi connectivity index (χ4v) is 3.43. The van der Waals surface area contributed by atoms with E-state index in [0.717, 1.165) is 39.3 Å². The van der Waals surface area contributed by atoms with Gasteiger partial charge < -0.3 is 25.8 Å². The SMILES string of the molecule is CN1CC[N-]C1CN(CC1C=CC=C[N-]1)CC1CCCC[N-]1.[Cl][Mn][Cl]. The Morgan fingerprint density at radius 2 is 1.96 bits per heavy atom. The standard InChI is InChI=1S/C17H28N5.2ClH.Mn/c1-21-11-10-20-17(21)14-22(12-15-6-2-4-8-18-15)13-16-7-3-5-9-19-16;;;/h2,4,6,8,15-17H,3,5,7,9-14H2,1H3;2*1H;/q-3;;;+2/p-2.